The van der Waals surface area contributed by atoms with Crippen LogP contribution in [0, 0.1) is 0 Å². The van der Waals surface area contributed by atoms with Gasteiger partial charge in [-0.15, -0.1) is 0 Å². The molecule has 0 amide bonds. The normalized spacial score (nSPS) is 21.5. The van der Waals surface area contributed by atoms with Crippen molar-refractivity contribution in [3.05, 3.63) is 28.8 Å². The van der Waals surface area contributed by atoms with Crippen LogP contribution in [0.5, 0.6) is 0 Å². The highest BCUT2D eigenvalue weighted by Gasteiger charge is 2.10. The first-order valence-corrected chi connectivity index (χ1v) is 4.89. The second-order valence-electron chi connectivity index (χ2n) is 3.46. The summed E-state index contributed by atoms with van der Waals surface area (Å²) in [4.78, 5) is 0. The molecule has 0 aromatic heterocycles. The summed E-state index contributed by atoms with van der Waals surface area (Å²) in [6.07, 6.45) is 0. The quantitative estimate of drug-likeness (QED) is 0.665. The van der Waals surface area contributed by atoms with Gasteiger partial charge in [0.2, 0.25) is 0 Å². The van der Waals surface area contributed by atoms with E-state index in [1.807, 2.05) is 12.1 Å². The summed E-state index contributed by atoms with van der Waals surface area (Å²) in [7, 11) is 0. The van der Waals surface area contributed by atoms with Crippen molar-refractivity contribution >= 4 is 17.3 Å². The first kappa shape index (κ1) is 8.85. The van der Waals surface area contributed by atoms with Crippen LogP contribution in [-0.2, 0) is 6.54 Å². The molecule has 0 fully saturated rings. The van der Waals surface area contributed by atoms with E-state index in [0.717, 1.165) is 23.8 Å². The Kier molecular flexibility index (Phi) is 2.42. The van der Waals surface area contributed by atoms with Crippen LogP contribution >= 0.6 is 11.6 Å². The summed E-state index contributed by atoms with van der Waals surface area (Å²) in [6.45, 7) is 4.04. The molecule has 1 atom stereocenters. The second-order valence-corrected chi connectivity index (χ2v) is 3.90. The van der Waals surface area contributed by atoms with Crippen molar-refractivity contribution in [1.29, 1.82) is 0 Å². The molecule has 1 heterocycles. The highest BCUT2D eigenvalue weighted by molar-refractivity contribution is 6.30. The first-order valence-electron chi connectivity index (χ1n) is 4.51. The fraction of sp³-hybridized carbons (Fsp3) is 0.400. The standard InChI is InChI=1S/C10H13ClN2/c1-7-5-13-10-4-9(11)3-2-8(10)6-12-7/h2-4,7,12-13H,5-6H2,1H3. The molecule has 0 radical (unpaired) electrons. The zero-order chi connectivity index (χ0) is 9.26. The first-order chi connectivity index (χ1) is 6.25. The van der Waals surface area contributed by atoms with E-state index in [-0.39, 0.29) is 0 Å². The summed E-state index contributed by atoms with van der Waals surface area (Å²) in [5, 5.41) is 7.58. The number of rotatable bonds is 0. The van der Waals surface area contributed by atoms with Crippen LogP contribution in [-0.4, -0.2) is 12.6 Å². The summed E-state index contributed by atoms with van der Waals surface area (Å²) >= 11 is 5.91. The predicted molar refractivity (Wildman–Crippen MR) is 56.2 cm³/mol. The zero-order valence-electron chi connectivity index (χ0n) is 7.60. The summed E-state index contributed by atoms with van der Waals surface area (Å²) < 4.78 is 0. The largest absolute Gasteiger partial charge is 0.383 e. The van der Waals surface area contributed by atoms with Crippen LogP contribution in [0.15, 0.2) is 18.2 Å². The van der Waals surface area contributed by atoms with Gasteiger partial charge in [-0.05, 0) is 24.6 Å². The van der Waals surface area contributed by atoms with Gasteiger partial charge in [-0.25, -0.2) is 0 Å². The van der Waals surface area contributed by atoms with E-state index in [4.69, 9.17) is 11.6 Å². The Hall–Kier alpha value is -0.730. The molecule has 3 heteroatoms. The Morgan fingerprint density at radius 3 is 3.15 bits per heavy atom. The van der Waals surface area contributed by atoms with Crippen molar-refractivity contribution in [2.45, 2.75) is 19.5 Å². The third kappa shape index (κ3) is 1.95. The summed E-state index contributed by atoms with van der Waals surface area (Å²) in [5.41, 5.74) is 2.44. The van der Waals surface area contributed by atoms with Crippen molar-refractivity contribution in [3.8, 4) is 0 Å². The molecular formula is C10H13ClN2. The average molecular weight is 197 g/mol. The molecule has 0 spiro atoms. The Morgan fingerprint density at radius 1 is 1.46 bits per heavy atom. The van der Waals surface area contributed by atoms with Gasteiger partial charge in [0.05, 0.1) is 0 Å². The molecule has 2 rings (SSSR count). The summed E-state index contributed by atoms with van der Waals surface area (Å²) in [6, 6.07) is 6.48. The molecule has 0 saturated carbocycles. The van der Waals surface area contributed by atoms with E-state index in [1.54, 1.807) is 0 Å². The van der Waals surface area contributed by atoms with Gasteiger partial charge in [-0.2, -0.15) is 0 Å². The van der Waals surface area contributed by atoms with Crippen LogP contribution < -0.4 is 10.6 Å². The van der Waals surface area contributed by atoms with Crippen molar-refractivity contribution in [1.82, 2.24) is 5.32 Å². The third-order valence-electron chi connectivity index (χ3n) is 2.31. The van der Waals surface area contributed by atoms with Crippen LogP contribution in [0.4, 0.5) is 5.69 Å². The van der Waals surface area contributed by atoms with Crippen molar-refractivity contribution < 1.29 is 0 Å². The average Bonchev–Trinajstić information content (AvgIpc) is 2.29. The minimum Gasteiger partial charge on any atom is -0.383 e. The van der Waals surface area contributed by atoms with Gasteiger partial charge in [0, 0.05) is 29.8 Å². The van der Waals surface area contributed by atoms with Crippen LogP contribution in [0.1, 0.15) is 12.5 Å². The van der Waals surface area contributed by atoms with E-state index in [9.17, 15) is 0 Å². The molecule has 2 N–H and O–H groups in total. The SMILES string of the molecule is CC1CNc2cc(Cl)ccc2CN1. The van der Waals surface area contributed by atoms with Crippen LogP contribution in [0.3, 0.4) is 0 Å². The minimum atomic E-state index is 0.506. The zero-order valence-corrected chi connectivity index (χ0v) is 8.36. The highest BCUT2D eigenvalue weighted by Crippen LogP contribution is 2.22. The fourth-order valence-electron chi connectivity index (χ4n) is 1.49. The van der Waals surface area contributed by atoms with Gasteiger partial charge in [0.1, 0.15) is 0 Å². The molecule has 1 unspecified atom stereocenters. The van der Waals surface area contributed by atoms with Gasteiger partial charge in [-0.1, -0.05) is 17.7 Å². The molecule has 1 aromatic carbocycles. The van der Waals surface area contributed by atoms with Gasteiger partial charge in [-0.3, -0.25) is 0 Å². The van der Waals surface area contributed by atoms with Crippen LogP contribution in [0.25, 0.3) is 0 Å². The predicted octanol–water partition coefficient (Wildman–Crippen LogP) is 2.24. The molecule has 1 aliphatic rings. The molecular weight excluding hydrogens is 184 g/mol. The molecule has 13 heavy (non-hydrogen) atoms. The van der Waals surface area contributed by atoms with Crippen molar-refractivity contribution in [3.63, 3.8) is 0 Å². The Balaban J connectivity index is 2.30. The number of benzene rings is 1. The Bertz CT molecular complexity index is 312. The van der Waals surface area contributed by atoms with Gasteiger partial charge >= 0.3 is 0 Å². The van der Waals surface area contributed by atoms with Gasteiger partial charge < -0.3 is 10.6 Å². The summed E-state index contributed by atoms with van der Waals surface area (Å²) in [5.74, 6) is 0. The van der Waals surface area contributed by atoms with E-state index < -0.39 is 0 Å². The number of anilines is 1. The van der Waals surface area contributed by atoms with E-state index in [0.29, 0.717) is 6.04 Å². The lowest BCUT2D eigenvalue weighted by Gasteiger charge is -2.08. The maximum absolute atomic E-state index is 5.91. The smallest absolute Gasteiger partial charge is 0.0426 e. The molecule has 0 aliphatic carbocycles. The lowest BCUT2D eigenvalue weighted by Crippen LogP contribution is -2.29. The van der Waals surface area contributed by atoms with E-state index in [2.05, 4.69) is 23.6 Å². The van der Waals surface area contributed by atoms with E-state index >= 15 is 0 Å². The number of hydrogen-bond donors (Lipinski definition) is 2. The molecule has 0 saturated heterocycles. The van der Waals surface area contributed by atoms with Gasteiger partial charge in [0.25, 0.3) is 0 Å². The monoisotopic (exact) mass is 196 g/mol. The van der Waals surface area contributed by atoms with E-state index in [1.165, 1.54) is 5.56 Å². The maximum atomic E-state index is 5.91. The number of fused-ring (bicyclic) bond motifs is 1. The number of hydrogen-bond acceptors (Lipinski definition) is 2. The van der Waals surface area contributed by atoms with Crippen molar-refractivity contribution in [2.75, 3.05) is 11.9 Å². The Morgan fingerprint density at radius 2 is 2.31 bits per heavy atom. The molecule has 0 bridgehead atoms. The maximum Gasteiger partial charge on any atom is 0.0426 e. The lowest BCUT2D eigenvalue weighted by molar-refractivity contribution is 0.581. The second kappa shape index (κ2) is 3.56. The number of nitrogens with one attached hydrogen (secondary N) is 2. The van der Waals surface area contributed by atoms with Crippen LogP contribution in [0.2, 0.25) is 5.02 Å². The lowest BCUT2D eigenvalue weighted by atomic mass is 10.2. The Labute approximate surface area is 83.3 Å². The highest BCUT2D eigenvalue weighted by atomic mass is 35.5. The number of halogens is 1. The molecule has 2 nitrogen and oxygen atoms in total. The van der Waals surface area contributed by atoms with Gasteiger partial charge in [0.15, 0.2) is 0 Å². The fourth-order valence-corrected chi connectivity index (χ4v) is 1.66. The third-order valence-corrected chi connectivity index (χ3v) is 2.55. The molecule has 70 valence electrons. The minimum absolute atomic E-state index is 0.506. The molecule has 1 aromatic rings. The molecule has 1 aliphatic heterocycles. The topological polar surface area (TPSA) is 24.1 Å². The van der Waals surface area contributed by atoms with Crippen molar-refractivity contribution in [2.24, 2.45) is 0 Å².